The van der Waals surface area contributed by atoms with Gasteiger partial charge in [-0.3, -0.25) is 0 Å². The molecule has 6 heteroatoms. The van der Waals surface area contributed by atoms with Crippen molar-refractivity contribution in [2.75, 3.05) is 0 Å². The molecule has 1 heterocycles. The maximum absolute atomic E-state index is 13.3. The molecule has 1 aromatic carbocycles. The lowest BCUT2D eigenvalue weighted by atomic mass is 10.1. The minimum absolute atomic E-state index is 0.180. The van der Waals surface area contributed by atoms with Crippen LogP contribution in [0.25, 0.3) is 0 Å². The first-order valence-corrected chi connectivity index (χ1v) is 4.97. The molecule has 0 aliphatic heterocycles. The predicted octanol–water partition coefficient (Wildman–Crippen LogP) is 1.10. The molecule has 0 aliphatic carbocycles. The molecule has 2 rings (SSSR count). The van der Waals surface area contributed by atoms with Crippen molar-refractivity contribution < 1.29 is 4.39 Å². The fourth-order valence-corrected chi connectivity index (χ4v) is 1.50. The number of nitrogens with zero attached hydrogens (tertiary/aromatic N) is 3. The summed E-state index contributed by atoms with van der Waals surface area (Å²) in [5, 5.41) is 3.93. The third-order valence-corrected chi connectivity index (χ3v) is 2.29. The van der Waals surface area contributed by atoms with Gasteiger partial charge in [0.25, 0.3) is 0 Å². The van der Waals surface area contributed by atoms with E-state index >= 15 is 0 Å². The van der Waals surface area contributed by atoms with Crippen LogP contribution in [0.5, 0.6) is 0 Å². The van der Waals surface area contributed by atoms with E-state index in [1.54, 1.807) is 17.1 Å². The summed E-state index contributed by atoms with van der Waals surface area (Å²) in [4.78, 5) is 3.99. The van der Waals surface area contributed by atoms with Crippen LogP contribution in [0, 0.1) is 5.82 Å². The lowest BCUT2D eigenvalue weighted by molar-refractivity contribution is 0.618. The molecule has 0 spiro atoms. The molecular formula is C10H9FN4S. The molecule has 82 valence electrons. The Bertz CT molecular complexity index is 510. The number of halogens is 1. The fraction of sp³-hybridized carbons (Fsp3) is 0.100. The minimum atomic E-state index is -0.361. The molecule has 0 saturated carbocycles. The Hall–Kier alpha value is -1.82. The fourth-order valence-electron chi connectivity index (χ4n) is 1.39. The summed E-state index contributed by atoms with van der Waals surface area (Å²) in [7, 11) is 0. The average molecular weight is 236 g/mol. The van der Waals surface area contributed by atoms with E-state index in [2.05, 4.69) is 10.1 Å². The molecule has 0 bridgehead atoms. The first kappa shape index (κ1) is 10.7. The lowest BCUT2D eigenvalue weighted by Crippen LogP contribution is -2.11. The highest BCUT2D eigenvalue weighted by Crippen LogP contribution is 2.10. The van der Waals surface area contributed by atoms with E-state index in [1.165, 1.54) is 18.5 Å². The van der Waals surface area contributed by atoms with Crippen LogP contribution in [-0.4, -0.2) is 19.8 Å². The van der Waals surface area contributed by atoms with Gasteiger partial charge < -0.3 is 5.73 Å². The standard InChI is InChI=1S/C10H9FN4S/c11-9-2-7(1-8(3-9)10(12)16)4-15-6-13-5-14-15/h1-3,5-6H,4H2,(H2,12,16). The third-order valence-electron chi connectivity index (χ3n) is 2.05. The minimum Gasteiger partial charge on any atom is -0.389 e. The summed E-state index contributed by atoms with van der Waals surface area (Å²) in [6.45, 7) is 0.438. The molecule has 2 N–H and O–H groups in total. The Morgan fingerprint density at radius 1 is 1.44 bits per heavy atom. The van der Waals surface area contributed by atoms with Gasteiger partial charge >= 0.3 is 0 Å². The van der Waals surface area contributed by atoms with E-state index in [0.717, 1.165) is 5.56 Å². The number of thiocarbonyl (C=S) groups is 1. The van der Waals surface area contributed by atoms with Crippen LogP contribution in [0.3, 0.4) is 0 Å². The smallest absolute Gasteiger partial charge is 0.137 e. The van der Waals surface area contributed by atoms with Crippen molar-refractivity contribution in [1.29, 1.82) is 0 Å². The number of hydrogen-bond donors (Lipinski definition) is 1. The van der Waals surface area contributed by atoms with Crippen LogP contribution >= 0.6 is 12.2 Å². The van der Waals surface area contributed by atoms with Crippen LogP contribution in [0.4, 0.5) is 4.39 Å². The second-order valence-corrected chi connectivity index (χ2v) is 3.75. The molecule has 2 aromatic rings. The topological polar surface area (TPSA) is 56.7 Å². The Balaban J connectivity index is 2.31. The van der Waals surface area contributed by atoms with Gasteiger partial charge in [-0.25, -0.2) is 14.1 Å². The highest BCUT2D eigenvalue weighted by atomic mass is 32.1. The number of aromatic nitrogens is 3. The van der Waals surface area contributed by atoms with Gasteiger partial charge in [0.05, 0.1) is 6.54 Å². The van der Waals surface area contributed by atoms with Crippen LogP contribution in [0.15, 0.2) is 30.9 Å². The number of nitrogens with two attached hydrogens (primary N) is 1. The first-order chi connectivity index (χ1) is 7.65. The summed E-state index contributed by atoms with van der Waals surface area (Å²) in [5.74, 6) is -0.361. The summed E-state index contributed by atoms with van der Waals surface area (Å²) in [6, 6.07) is 4.48. The molecule has 4 nitrogen and oxygen atoms in total. The zero-order valence-corrected chi connectivity index (χ0v) is 9.12. The molecule has 0 unspecified atom stereocenters. The molecule has 0 atom stereocenters. The lowest BCUT2D eigenvalue weighted by Gasteiger charge is -2.04. The summed E-state index contributed by atoms with van der Waals surface area (Å²) < 4.78 is 14.9. The highest BCUT2D eigenvalue weighted by Gasteiger charge is 2.04. The highest BCUT2D eigenvalue weighted by molar-refractivity contribution is 7.80. The maximum atomic E-state index is 13.3. The molecule has 0 aliphatic rings. The Kier molecular flexibility index (Phi) is 2.91. The van der Waals surface area contributed by atoms with Gasteiger partial charge in [-0.15, -0.1) is 0 Å². The second-order valence-electron chi connectivity index (χ2n) is 3.31. The monoisotopic (exact) mass is 236 g/mol. The largest absolute Gasteiger partial charge is 0.389 e. The van der Waals surface area contributed by atoms with Gasteiger partial charge in [-0.05, 0) is 23.8 Å². The predicted molar refractivity (Wildman–Crippen MR) is 61.4 cm³/mol. The summed E-state index contributed by atoms with van der Waals surface area (Å²) >= 11 is 4.81. The van der Waals surface area contributed by atoms with E-state index in [4.69, 9.17) is 18.0 Å². The van der Waals surface area contributed by atoms with Crippen molar-refractivity contribution >= 4 is 17.2 Å². The summed E-state index contributed by atoms with van der Waals surface area (Å²) in [6.07, 6.45) is 2.99. The van der Waals surface area contributed by atoms with Crippen LogP contribution < -0.4 is 5.73 Å². The van der Waals surface area contributed by atoms with Gasteiger partial charge in [0.1, 0.15) is 23.5 Å². The zero-order chi connectivity index (χ0) is 11.5. The molecule has 1 aromatic heterocycles. The van der Waals surface area contributed by atoms with Crippen molar-refractivity contribution in [3.63, 3.8) is 0 Å². The quantitative estimate of drug-likeness (QED) is 0.811. The van der Waals surface area contributed by atoms with Crippen LogP contribution in [0.2, 0.25) is 0 Å². The molecule has 0 fully saturated rings. The van der Waals surface area contributed by atoms with E-state index in [9.17, 15) is 4.39 Å². The molecule has 0 amide bonds. The van der Waals surface area contributed by atoms with E-state index in [1.807, 2.05) is 0 Å². The van der Waals surface area contributed by atoms with E-state index < -0.39 is 0 Å². The average Bonchev–Trinajstić information content (AvgIpc) is 2.69. The van der Waals surface area contributed by atoms with E-state index in [-0.39, 0.29) is 10.8 Å². The van der Waals surface area contributed by atoms with Gasteiger partial charge in [-0.1, -0.05) is 12.2 Å². The van der Waals surface area contributed by atoms with Crippen molar-refractivity contribution in [2.45, 2.75) is 6.54 Å². The van der Waals surface area contributed by atoms with Crippen LogP contribution in [-0.2, 0) is 6.54 Å². The number of rotatable bonds is 3. The van der Waals surface area contributed by atoms with Gasteiger partial charge in [0, 0.05) is 5.56 Å². The third kappa shape index (κ3) is 2.40. The zero-order valence-electron chi connectivity index (χ0n) is 8.30. The van der Waals surface area contributed by atoms with Crippen LogP contribution in [0.1, 0.15) is 11.1 Å². The molecule has 16 heavy (non-hydrogen) atoms. The van der Waals surface area contributed by atoms with Crippen molar-refractivity contribution in [2.24, 2.45) is 5.73 Å². The van der Waals surface area contributed by atoms with Gasteiger partial charge in [-0.2, -0.15) is 5.10 Å². The number of hydrogen-bond acceptors (Lipinski definition) is 3. The SMILES string of the molecule is NC(=S)c1cc(F)cc(Cn2cncn2)c1. The van der Waals surface area contributed by atoms with Gasteiger partial charge in [0.15, 0.2) is 0 Å². The van der Waals surface area contributed by atoms with Crippen molar-refractivity contribution in [3.05, 3.63) is 47.8 Å². The molecule has 0 radical (unpaired) electrons. The van der Waals surface area contributed by atoms with Gasteiger partial charge in [0.2, 0.25) is 0 Å². The Morgan fingerprint density at radius 2 is 2.25 bits per heavy atom. The number of benzene rings is 1. The van der Waals surface area contributed by atoms with E-state index in [0.29, 0.717) is 12.1 Å². The second kappa shape index (κ2) is 4.36. The maximum Gasteiger partial charge on any atom is 0.137 e. The molecular weight excluding hydrogens is 227 g/mol. The van der Waals surface area contributed by atoms with Crippen molar-refractivity contribution in [3.8, 4) is 0 Å². The Labute approximate surface area is 96.9 Å². The molecule has 0 saturated heterocycles. The normalized spacial score (nSPS) is 10.3. The van der Waals surface area contributed by atoms with Crippen molar-refractivity contribution in [1.82, 2.24) is 14.8 Å². The Morgan fingerprint density at radius 3 is 2.88 bits per heavy atom. The summed E-state index contributed by atoms with van der Waals surface area (Å²) in [5.41, 5.74) is 6.72. The first-order valence-electron chi connectivity index (χ1n) is 4.57.